The van der Waals surface area contributed by atoms with Crippen molar-refractivity contribution in [3.8, 4) is 5.75 Å². The summed E-state index contributed by atoms with van der Waals surface area (Å²) in [5.74, 6) is 1.59. The minimum absolute atomic E-state index is 0.644. The Morgan fingerprint density at radius 3 is 2.67 bits per heavy atom. The lowest BCUT2D eigenvalue weighted by Crippen LogP contribution is -2.04. The third-order valence-electron chi connectivity index (χ3n) is 2.65. The fraction of sp³-hybridized carbons (Fsp3) is 0.267. The van der Waals surface area contributed by atoms with Crippen molar-refractivity contribution < 1.29 is 4.74 Å². The van der Waals surface area contributed by atoms with Crippen LogP contribution in [0.3, 0.4) is 0 Å². The SMILES string of the molecule is CCOc1cccnc1NCc1ccc(C)cc1. The Kier molecular flexibility index (Phi) is 4.18. The first-order valence-electron chi connectivity index (χ1n) is 6.17. The number of benzene rings is 1. The molecule has 0 aliphatic carbocycles. The molecule has 0 spiro atoms. The number of hydrogen-bond acceptors (Lipinski definition) is 3. The zero-order valence-corrected chi connectivity index (χ0v) is 10.8. The number of anilines is 1. The molecule has 1 N–H and O–H groups in total. The quantitative estimate of drug-likeness (QED) is 0.872. The van der Waals surface area contributed by atoms with E-state index in [1.807, 2.05) is 19.1 Å². The lowest BCUT2D eigenvalue weighted by atomic mass is 10.1. The fourth-order valence-corrected chi connectivity index (χ4v) is 1.69. The molecule has 3 heteroatoms. The summed E-state index contributed by atoms with van der Waals surface area (Å²) in [6.45, 7) is 5.45. The van der Waals surface area contributed by atoms with Gasteiger partial charge in [0.2, 0.25) is 0 Å². The Bertz CT molecular complexity index is 494. The molecule has 1 heterocycles. The second-order valence-corrected chi connectivity index (χ2v) is 4.12. The highest BCUT2D eigenvalue weighted by Gasteiger charge is 2.03. The summed E-state index contributed by atoms with van der Waals surface area (Å²) in [7, 11) is 0. The topological polar surface area (TPSA) is 34.1 Å². The number of nitrogens with one attached hydrogen (secondary N) is 1. The first kappa shape index (κ1) is 12.4. The van der Waals surface area contributed by atoms with Crippen LogP contribution in [0.15, 0.2) is 42.6 Å². The van der Waals surface area contributed by atoms with Crippen molar-refractivity contribution >= 4 is 5.82 Å². The van der Waals surface area contributed by atoms with Gasteiger partial charge in [0.05, 0.1) is 6.61 Å². The number of rotatable bonds is 5. The molecular weight excluding hydrogens is 224 g/mol. The van der Waals surface area contributed by atoms with E-state index in [2.05, 4.69) is 41.5 Å². The molecule has 0 radical (unpaired) electrons. The van der Waals surface area contributed by atoms with E-state index in [-0.39, 0.29) is 0 Å². The van der Waals surface area contributed by atoms with Crippen LogP contribution in [0.1, 0.15) is 18.1 Å². The molecule has 0 atom stereocenters. The van der Waals surface area contributed by atoms with Gasteiger partial charge in [0, 0.05) is 12.7 Å². The molecule has 0 aliphatic heterocycles. The zero-order chi connectivity index (χ0) is 12.8. The van der Waals surface area contributed by atoms with Gasteiger partial charge in [-0.25, -0.2) is 4.98 Å². The first-order valence-corrected chi connectivity index (χ1v) is 6.17. The maximum absolute atomic E-state index is 5.52. The molecule has 2 aromatic rings. The minimum atomic E-state index is 0.644. The van der Waals surface area contributed by atoms with E-state index in [1.54, 1.807) is 6.20 Å². The Hall–Kier alpha value is -2.03. The average Bonchev–Trinajstić information content (AvgIpc) is 2.40. The second kappa shape index (κ2) is 6.05. The summed E-state index contributed by atoms with van der Waals surface area (Å²) >= 11 is 0. The average molecular weight is 242 g/mol. The van der Waals surface area contributed by atoms with Gasteiger partial charge in [0.15, 0.2) is 11.6 Å². The van der Waals surface area contributed by atoms with Gasteiger partial charge in [0.25, 0.3) is 0 Å². The highest BCUT2D eigenvalue weighted by molar-refractivity contribution is 5.49. The summed E-state index contributed by atoms with van der Waals surface area (Å²) in [4.78, 5) is 4.29. The van der Waals surface area contributed by atoms with Crippen molar-refractivity contribution in [3.05, 3.63) is 53.7 Å². The van der Waals surface area contributed by atoms with E-state index in [4.69, 9.17) is 4.74 Å². The van der Waals surface area contributed by atoms with Crippen LogP contribution in [0.4, 0.5) is 5.82 Å². The molecule has 3 nitrogen and oxygen atoms in total. The Balaban J connectivity index is 2.03. The molecule has 18 heavy (non-hydrogen) atoms. The second-order valence-electron chi connectivity index (χ2n) is 4.12. The summed E-state index contributed by atoms with van der Waals surface area (Å²) in [5.41, 5.74) is 2.50. The third kappa shape index (κ3) is 3.23. The first-order chi connectivity index (χ1) is 8.79. The van der Waals surface area contributed by atoms with E-state index in [0.29, 0.717) is 6.61 Å². The van der Waals surface area contributed by atoms with Gasteiger partial charge in [-0.05, 0) is 31.5 Å². The third-order valence-corrected chi connectivity index (χ3v) is 2.65. The predicted molar refractivity (Wildman–Crippen MR) is 73.9 cm³/mol. The van der Waals surface area contributed by atoms with Crippen LogP contribution in [-0.2, 0) is 6.54 Å². The van der Waals surface area contributed by atoms with Crippen molar-refractivity contribution in [2.45, 2.75) is 20.4 Å². The minimum Gasteiger partial charge on any atom is -0.490 e. The number of pyridine rings is 1. The van der Waals surface area contributed by atoms with Crippen molar-refractivity contribution in [2.75, 3.05) is 11.9 Å². The summed E-state index contributed by atoms with van der Waals surface area (Å²) in [6, 6.07) is 12.3. The van der Waals surface area contributed by atoms with Gasteiger partial charge in [-0.15, -0.1) is 0 Å². The van der Waals surface area contributed by atoms with Crippen LogP contribution in [0.2, 0.25) is 0 Å². The molecule has 0 amide bonds. The van der Waals surface area contributed by atoms with Crippen molar-refractivity contribution in [1.29, 1.82) is 0 Å². The normalized spacial score (nSPS) is 10.1. The number of nitrogens with zero attached hydrogens (tertiary/aromatic N) is 1. The van der Waals surface area contributed by atoms with Gasteiger partial charge in [0.1, 0.15) is 0 Å². The highest BCUT2D eigenvalue weighted by atomic mass is 16.5. The molecular formula is C15H18N2O. The highest BCUT2D eigenvalue weighted by Crippen LogP contribution is 2.21. The van der Waals surface area contributed by atoms with Crippen molar-refractivity contribution in [3.63, 3.8) is 0 Å². The van der Waals surface area contributed by atoms with Gasteiger partial charge in [-0.1, -0.05) is 29.8 Å². The van der Waals surface area contributed by atoms with Crippen LogP contribution in [0.25, 0.3) is 0 Å². The molecule has 1 aromatic carbocycles. The summed E-state index contributed by atoms with van der Waals surface area (Å²) < 4.78 is 5.52. The van der Waals surface area contributed by atoms with E-state index in [0.717, 1.165) is 18.1 Å². The van der Waals surface area contributed by atoms with Crippen LogP contribution in [0.5, 0.6) is 5.75 Å². The molecule has 0 bridgehead atoms. The monoisotopic (exact) mass is 242 g/mol. The van der Waals surface area contributed by atoms with Crippen molar-refractivity contribution in [2.24, 2.45) is 0 Å². The molecule has 0 saturated heterocycles. The van der Waals surface area contributed by atoms with Crippen LogP contribution in [-0.4, -0.2) is 11.6 Å². The van der Waals surface area contributed by atoms with Gasteiger partial charge < -0.3 is 10.1 Å². The number of hydrogen-bond donors (Lipinski definition) is 1. The van der Waals surface area contributed by atoms with Gasteiger partial charge >= 0.3 is 0 Å². The standard InChI is InChI=1S/C15H18N2O/c1-3-18-14-5-4-10-16-15(14)17-11-13-8-6-12(2)7-9-13/h4-10H,3,11H2,1-2H3,(H,16,17). The fourth-order valence-electron chi connectivity index (χ4n) is 1.69. The molecule has 0 saturated carbocycles. The maximum atomic E-state index is 5.52. The Labute approximate surface area is 108 Å². The number of aromatic nitrogens is 1. The predicted octanol–water partition coefficient (Wildman–Crippen LogP) is 3.40. The van der Waals surface area contributed by atoms with E-state index in [9.17, 15) is 0 Å². The smallest absolute Gasteiger partial charge is 0.169 e. The van der Waals surface area contributed by atoms with Crippen LogP contribution in [0, 0.1) is 6.92 Å². The van der Waals surface area contributed by atoms with E-state index < -0.39 is 0 Å². The molecule has 2 rings (SSSR count). The number of aryl methyl sites for hydroxylation is 1. The molecule has 1 aromatic heterocycles. The van der Waals surface area contributed by atoms with Crippen LogP contribution >= 0.6 is 0 Å². The zero-order valence-electron chi connectivity index (χ0n) is 10.8. The Morgan fingerprint density at radius 2 is 1.94 bits per heavy atom. The van der Waals surface area contributed by atoms with Crippen LogP contribution < -0.4 is 10.1 Å². The summed E-state index contributed by atoms with van der Waals surface area (Å²) in [6.07, 6.45) is 1.76. The molecule has 0 fully saturated rings. The van der Waals surface area contributed by atoms with E-state index in [1.165, 1.54) is 11.1 Å². The lowest BCUT2D eigenvalue weighted by molar-refractivity contribution is 0.340. The largest absolute Gasteiger partial charge is 0.490 e. The summed E-state index contributed by atoms with van der Waals surface area (Å²) in [5, 5.41) is 3.30. The molecule has 0 unspecified atom stereocenters. The van der Waals surface area contributed by atoms with Gasteiger partial charge in [-0.2, -0.15) is 0 Å². The molecule has 0 aliphatic rings. The lowest BCUT2D eigenvalue weighted by Gasteiger charge is -2.11. The Morgan fingerprint density at radius 1 is 1.17 bits per heavy atom. The molecule has 94 valence electrons. The van der Waals surface area contributed by atoms with Gasteiger partial charge in [-0.3, -0.25) is 0 Å². The maximum Gasteiger partial charge on any atom is 0.169 e. The van der Waals surface area contributed by atoms with Crippen molar-refractivity contribution in [1.82, 2.24) is 4.98 Å². The number of ether oxygens (including phenoxy) is 1. The van der Waals surface area contributed by atoms with E-state index >= 15 is 0 Å².